The van der Waals surface area contributed by atoms with Crippen LogP contribution in [0.25, 0.3) is 6.08 Å². The summed E-state index contributed by atoms with van der Waals surface area (Å²) in [6, 6.07) is 6.22. The molecule has 2 heterocycles. The number of hydrogen-bond acceptors (Lipinski definition) is 5. The lowest BCUT2D eigenvalue weighted by atomic mass is 10.1. The van der Waals surface area contributed by atoms with Gasteiger partial charge in [-0.05, 0) is 50.7 Å². The fraction of sp³-hybridized carbons (Fsp3) is 0.368. The Hall–Kier alpha value is -2.18. The molecule has 1 N–H and O–H groups in total. The van der Waals surface area contributed by atoms with Crippen LogP contribution in [0.3, 0.4) is 0 Å². The van der Waals surface area contributed by atoms with Gasteiger partial charge in [0.05, 0.1) is 10.7 Å². The first-order valence-corrected chi connectivity index (χ1v) is 9.34. The minimum absolute atomic E-state index is 0.138. The van der Waals surface area contributed by atoms with Gasteiger partial charge in [-0.1, -0.05) is 0 Å². The Labute approximate surface area is 153 Å². The lowest BCUT2D eigenvalue weighted by molar-refractivity contribution is -0.111. The standard InChI is InChI=1S/C19H24N4OS/c1-14-12-17(23-10-8-22(3)9-11-23)5-6-18(14)21-19(24)7-4-16-13-25-15(2)20-16/h4-7,12-13H,8-11H2,1-3H3,(H,21,24)/b7-4+. The summed E-state index contributed by atoms with van der Waals surface area (Å²) in [6.07, 6.45) is 3.27. The van der Waals surface area contributed by atoms with Crippen LogP contribution in [-0.2, 0) is 4.79 Å². The molecule has 3 rings (SSSR count). The number of nitrogens with zero attached hydrogens (tertiary/aromatic N) is 3. The molecule has 5 nitrogen and oxygen atoms in total. The summed E-state index contributed by atoms with van der Waals surface area (Å²) in [4.78, 5) is 21.2. The lowest BCUT2D eigenvalue weighted by Gasteiger charge is -2.34. The van der Waals surface area contributed by atoms with Crippen molar-refractivity contribution in [1.82, 2.24) is 9.88 Å². The zero-order valence-corrected chi connectivity index (χ0v) is 15.8. The van der Waals surface area contributed by atoms with Crippen molar-refractivity contribution in [2.75, 3.05) is 43.4 Å². The number of aryl methyl sites for hydroxylation is 2. The van der Waals surface area contributed by atoms with E-state index in [9.17, 15) is 4.79 Å². The van der Waals surface area contributed by atoms with Crippen molar-refractivity contribution < 1.29 is 4.79 Å². The number of anilines is 2. The number of likely N-dealkylation sites (N-methyl/N-ethyl adjacent to an activating group) is 1. The van der Waals surface area contributed by atoms with Gasteiger partial charge in [0.25, 0.3) is 0 Å². The number of hydrogen-bond donors (Lipinski definition) is 1. The summed E-state index contributed by atoms with van der Waals surface area (Å²) < 4.78 is 0. The number of carbonyl (C=O) groups excluding carboxylic acids is 1. The number of amides is 1. The number of benzene rings is 1. The molecule has 1 aromatic heterocycles. The van der Waals surface area contributed by atoms with Crippen LogP contribution in [0.1, 0.15) is 16.3 Å². The van der Waals surface area contributed by atoms with Crippen LogP contribution >= 0.6 is 11.3 Å². The predicted octanol–water partition coefficient (Wildman–Crippen LogP) is 3.16. The van der Waals surface area contributed by atoms with Gasteiger partial charge < -0.3 is 15.1 Å². The molecule has 0 spiro atoms. The molecule has 0 unspecified atom stereocenters. The molecule has 0 bridgehead atoms. The number of nitrogens with one attached hydrogen (secondary N) is 1. The molecule has 2 aromatic rings. The second kappa shape index (κ2) is 7.80. The first kappa shape index (κ1) is 17.6. The Balaban J connectivity index is 1.62. The molecular formula is C19H24N4OS. The highest BCUT2D eigenvalue weighted by molar-refractivity contribution is 7.09. The Morgan fingerprint density at radius 3 is 2.64 bits per heavy atom. The Kier molecular flexibility index (Phi) is 5.50. The van der Waals surface area contributed by atoms with E-state index in [0.717, 1.165) is 48.1 Å². The molecule has 1 saturated heterocycles. The van der Waals surface area contributed by atoms with Gasteiger partial charge in [0, 0.05) is 49.0 Å². The van der Waals surface area contributed by atoms with Gasteiger partial charge in [-0.3, -0.25) is 4.79 Å². The Morgan fingerprint density at radius 2 is 2.00 bits per heavy atom. The van der Waals surface area contributed by atoms with Crippen LogP contribution in [0.4, 0.5) is 11.4 Å². The maximum atomic E-state index is 12.1. The highest BCUT2D eigenvalue weighted by atomic mass is 32.1. The molecule has 0 saturated carbocycles. The van der Waals surface area contributed by atoms with Crippen LogP contribution in [-0.4, -0.2) is 49.0 Å². The predicted molar refractivity (Wildman–Crippen MR) is 105 cm³/mol. The Morgan fingerprint density at radius 1 is 1.24 bits per heavy atom. The zero-order chi connectivity index (χ0) is 17.8. The van der Waals surface area contributed by atoms with E-state index in [1.807, 2.05) is 25.3 Å². The molecule has 0 aliphatic carbocycles. The average Bonchev–Trinajstić information content (AvgIpc) is 3.01. The maximum Gasteiger partial charge on any atom is 0.248 e. The van der Waals surface area contributed by atoms with Gasteiger partial charge in [0.1, 0.15) is 0 Å². The second-order valence-corrected chi connectivity index (χ2v) is 7.47. The zero-order valence-electron chi connectivity index (χ0n) is 15.0. The summed E-state index contributed by atoms with van der Waals surface area (Å²) >= 11 is 1.58. The molecule has 1 aliphatic heterocycles. The lowest BCUT2D eigenvalue weighted by Crippen LogP contribution is -2.44. The molecule has 1 amide bonds. The highest BCUT2D eigenvalue weighted by Crippen LogP contribution is 2.23. The van der Waals surface area contributed by atoms with E-state index in [2.05, 4.69) is 39.3 Å². The fourth-order valence-electron chi connectivity index (χ4n) is 2.84. The summed E-state index contributed by atoms with van der Waals surface area (Å²) in [7, 11) is 2.15. The van der Waals surface area contributed by atoms with E-state index in [1.54, 1.807) is 17.4 Å². The van der Waals surface area contributed by atoms with Gasteiger partial charge in [0.15, 0.2) is 0 Å². The highest BCUT2D eigenvalue weighted by Gasteiger charge is 2.15. The number of carbonyl (C=O) groups is 1. The molecular weight excluding hydrogens is 332 g/mol. The number of rotatable bonds is 4. The summed E-state index contributed by atoms with van der Waals surface area (Å²) in [5.41, 5.74) is 3.96. The van der Waals surface area contributed by atoms with Crippen LogP contribution in [0.5, 0.6) is 0 Å². The molecule has 1 aromatic carbocycles. The summed E-state index contributed by atoms with van der Waals surface area (Å²) in [5, 5.41) is 5.88. The molecule has 6 heteroatoms. The minimum Gasteiger partial charge on any atom is -0.369 e. The van der Waals surface area contributed by atoms with Crippen LogP contribution in [0, 0.1) is 13.8 Å². The van der Waals surface area contributed by atoms with Crippen molar-refractivity contribution in [2.45, 2.75) is 13.8 Å². The molecule has 1 fully saturated rings. The normalized spacial score (nSPS) is 15.7. The van der Waals surface area contributed by atoms with Crippen molar-refractivity contribution in [3.63, 3.8) is 0 Å². The second-order valence-electron chi connectivity index (χ2n) is 6.40. The number of piperazine rings is 1. The van der Waals surface area contributed by atoms with Crippen LogP contribution in [0.2, 0.25) is 0 Å². The smallest absolute Gasteiger partial charge is 0.248 e. The van der Waals surface area contributed by atoms with Gasteiger partial charge >= 0.3 is 0 Å². The molecule has 0 radical (unpaired) electrons. The third-order valence-electron chi connectivity index (χ3n) is 4.38. The first-order valence-electron chi connectivity index (χ1n) is 8.46. The van der Waals surface area contributed by atoms with Gasteiger partial charge in [-0.15, -0.1) is 11.3 Å². The SMILES string of the molecule is Cc1nc(/C=C/C(=O)Nc2ccc(N3CCN(C)CC3)cc2C)cs1. The van der Waals surface area contributed by atoms with E-state index in [0.29, 0.717) is 0 Å². The average molecular weight is 356 g/mol. The third-order valence-corrected chi connectivity index (χ3v) is 5.17. The van der Waals surface area contributed by atoms with Gasteiger partial charge in [-0.25, -0.2) is 4.98 Å². The van der Waals surface area contributed by atoms with E-state index in [1.165, 1.54) is 11.8 Å². The van der Waals surface area contributed by atoms with E-state index < -0.39 is 0 Å². The van der Waals surface area contributed by atoms with Crippen LogP contribution in [0.15, 0.2) is 29.7 Å². The summed E-state index contributed by atoms with van der Waals surface area (Å²) in [6.45, 7) is 8.22. The van der Waals surface area contributed by atoms with Crippen molar-refractivity contribution in [1.29, 1.82) is 0 Å². The fourth-order valence-corrected chi connectivity index (χ4v) is 3.42. The molecule has 25 heavy (non-hydrogen) atoms. The third kappa shape index (κ3) is 4.67. The monoisotopic (exact) mass is 356 g/mol. The number of thiazole rings is 1. The topological polar surface area (TPSA) is 48.5 Å². The van der Waals surface area contributed by atoms with E-state index >= 15 is 0 Å². The molecule has 132 valence electrons. The van der Waals surface area contributed by atoms with Gasteiger partial charge in [-0.2, -0.15) is 0 Å². The van der Waals surface area contributed by atoms with Crippen molar-refractivity contribution in [3.05, 3.63) is 45.9 Å². The largest absolute Gasteiger partial charge is 0.369 e. The van der Waals surface area contributed by atoms with E-state index in [4.69, 9.17) is 0 Å². The van der Waals surface area contributed by atoms with E-state index in [-0.39, 0.29) is 5.91 Å². The van der Waals surface area contributed by atoms with Crippen molar-refractivity contribution in [3.8, 4) is 0 Å². The quantitative estimate of drug-likeness (QED) is 0.855. The maximum absolute atomic E-state index is 12.1. The first-order chi connectivity index (χ1) is 12.0. The minimum atomic E-state index is -0.138. The van der Waals surface area contributed by atoms with Crippen molar-refractivity contribution in [2.24, 2.45) is 0 Å². The number of aromatic nitrogens is 1. The summed E-state index contributed by atoms with van der Waals surface area (Å²) in [5.74, 6) is -0.138. The van der Waals surface area contributed by atoms with Crippen LogP contribution < -0.4 is 10.2 Å². The van der Waals surface area contributed by atoms with Gasteiger partial charge in [0.2, 0.25) is 5.91 Å². The molecule has 0 atom stereocenters. The van der Waals surface area contributed by atoms with Crippen molar-refractivity contribution >= 4 is 34.7 Å². The molecule has 1 aliphatic rings. The Bertz CT molecular complexity index is 775.